The molecule has 0 amide bonds. The standard InChI is InChI=1S/C28H27F2N9O/c1-40-26-3-2-18(9-34-26)13-38-21-6-22(38)15-37(14-21)25-12-32-24(11-33-25)23-7-20(36-5-4-28(29,30)17-36)16-39-27(23)19(8-31)10-35-39/h2-3,7,9-12,16,21-22H,4-6,13-15,17H2,1H3. The van der Waals surface area contributed by atoms with E-state index in [0.29, 0.717) is 46.0 Å². The number of aromatic nitrogens is 5. The SMILES string of the molecule is COc1ccc(CN2C3CC2CN(c2cnc(-c4cc(N5CCC(F)(F)C5)cn5ncc(C#N)c45)cn2)C3)cn1. The quantitative estimate of drug-likeness (QED) is 0.363. The molecule has 4 aliphatic heterocycles. The maximum atomic E-state index is 13.9. The topological polar surface area (TPSA) is 98.7 Å². The van der Waals surface area contributed by atoms with Crippen molar-refractivity contribution < 1.29 is 13.5 Å². The van der Waals surface area contributed by atoms with Gasteiger partial charge in [-0.1, -0.05) is 6.07 Å². The van der Waals surface area contributed by atoms with E-state index in [9.17, 15) is 14.0 Å². The van der Waals surface area contributed by atoms with Crippen LogP contribution in [0.5, 0.6) is 5.88 Å². The number of ether oxygens (including phenoxy) is 1. The van der Waals surface area contributed by atoms with Crippen LogP contribution in [0.4, 0.5) is 20.3 Å². The molecule has 0 aliphatic carbocycles. The third-order valence-corrected chi connectivity index (χ3v) is 8.21. The third kappa shape index (κ3) is 4.26. The summed E-state index contributed by atoms with van der Waals surface area (Å²) in [6, 6.07) is 8.80. The monoisotopic (exact) mass is 543 g/mol. The molecule has 4 aromatic rings. The summed E-state index contributed by atoms with van der Waals surface area (Å²) < 4.78 is 34.6. The highest BCUT2D eigenvalue weighted by molar-refractivity contribution is 5.85. The van der Waals surface area contributed by atoms with Gasteiger partial charge in [-0.15, -0.1) is 0 Å². The van der Waals surface area contributed by atoms with E-state index >= 15 is 0 Å². The van der Waals surface area contributed by atoms with E-state index in [1.807, 2.05) is 18.3 Å². The number of halogens is 2. The Kier molecular flexibility index (Phi) is 5.78. The smallest absolute Gasteiger partial charge is 0.266 e. The van der Waals surface area contributed by atoms with Gasteiger partial charge in [0.1, 0.15) is 11.9 Å². The predicted octanol–water partition coefficient (Wildman–Crippen LogP) is 3.38. The highest BCUT2D eigenvalue weighted by Gasteiger charge is 2.45. The molecule has 2 unspecified atom stereocenters. The first kappa shape index (κ1) is 24.7. The molecule has 4 aromatic heterocycles. The number of hydrogen-bond acceptors (Lipinski definition) is 9. The van der Waals surface area contributed by atoms with Crippen molar-refractivity contribution in [3.05, 3.63) is 60.3 Å². The van der Waals surface area contributed by atoms with E-state index in [1.54, 1.807) is 35.1 Å². The molecule has 8 rings (SSSR count). The Labute approximate surface area is 229 Å². The molecule has 2 bridgehead atoms. The lowest BCUT2D eigenvalue weighted by Crippen LogP contribution is -2.68. The van der Waals surface area contributed by atoms with Crippen LogP contribution in [0.25, 0.3) is 16.8 Å². The Bertz CT molecular complexity index is 1590. The fraction of sp³-hybridized carbons (Fsp3) is 0.393. The van der Waals surface area contributed by atoms with Crippen molar-refractivity contribution in [2.75, 3.05) is 43.1 Å². The van der Waals surface area contributed by atoms with Crippen molar-refractivity contribution in [3.8, 4) is 23.2 Å². The van der Waals surface area contributed by atoms with E-state index < -0.39 is 5.92 Å². The highest BCUT2D eigenvalue weighted by Crippen LogP contribution is 2.37. The van der Waals surface area contributed by atoms with Crippen molar-refractivity contribution in [2.45, 2.75) is 37.4 Å². The van der Waals surface area contributed by atoms with Gasteiger partial charge in [0.15, 0.2) is 0 Å². The van der Waals surface area contributed by atoms with Gasteiger partial charge < -0.3 is 14.5 Å². The van der Waals surface area contributed by atoms with Crippen molar-refractivity contribution >= 4 is 17.0 Å². The second-order valence-electron chi connectivity index (χ2n) is 10.7. The zero-order valence-corrected chi connectivity index (χ0v) is 21.9. The molecule has 0 aromatic carbocycles. The predicted molar refractivity (Wildman–Crippen MR) is 143 cm³/mol. The molecule has 0 N–H and O–H groups in total. The molecule has 8 heterocycles. The van der Waals surface area contributed by atoms with Crippen LogP contribution in [0.15, 0.2) is 49.2 Å². The number of piperidine rings is 1. The Hall–Kier alpha value is -4.37. The van der Waals surface area contributed by atoms with Gasteiger partial charge in [0, 0.05) is 62.5 Å². The lowest BCUT2D eigenvalue weighted by Gasteiger charge is -2.56. The van der Waals surface area contributed by atoms with Crippen molar-refractivity contribution in [1.29, 1.82) is 5.26 Å². The zero-order valence-electron chi connectivity index (χ0n) is 21.9. The molecular formula is C28H27F2N9O. The van der Waals surface area contributed by atoms with Gasteiger partial charge in [0.2, 0.25) is 5.88 Å². The Morgan fingerprint density at radius 3 is 2.58 bits per heavy atom. The number of hydrogen-bond donors (Lipinski definition) is 0. The summed E-state index contributed by atoms with van der Waals surface area (Å²) >= 11 is 0. The number of alkyl halides is 2. The number of methoxy groups -OCH3 is 1. The molecule has 204 valence electrons. The summed E-state index contributed by atoms with van der Waals surface area (Å²) in [6.07, 6.45) is 9.46. The summed E-state index contributed by atoms with van der Waals surface area (Å²) in [7, 11) is 1.61. The fourth-order valence-electron chi connectivity index (χ4n) is 6.11. The maximum Gasteiger partial charge on any atom is 0.266 e. The number of nitrogens with zero attached hydrogens (tertiary/aromatic N) is 9. The van der Waals surface area contributed by atoms with Crippen LogP contribution >= 0.6 is 0 Å². The second kappa shape index (κ2) is 9.38. The Morgan fingerprint density at radius 2 is 1.93 bits per heavy atom. The average Bonchev–Trinajstić information content (AvgIpc) is 3.58. The fourth-order valence-corrected chi connectivity index (χ4v) is 6.11. The van der Waals surface area contributed by atoms with E-state index in [1.165, 1.54) is 6.20 Å². The second-order valence-corrected chi connectivity index (χ2v) is 10.7. The summed E-state index contributed by atoms with van der Waals surface area (Å²) in [5.74, 6) is -1.32. The summed E-state index contributed by atoms with van der Waals surface area (Å²) in [6.45, 7) is 2.47. The molecule has 0 radical (unpaired) electrons. The van der Waals surface area contributed by atoms with E-state index in [2.05, 4.69) is 32.0 Å². The van der Waals surface area contributed by atoms with Crippen LogP contribution in [-0.2, 0) is 6.54 Å². The first-order chi connectivity index (χ1) is 19.4. The number of nitriles is 1. The normalized spacial score (nSPS) is 21.9. The molecule has 0 saturated carbocycles. The summed E-state index contributed by atoms with van der Waals surface area (Å²) in [5, 5.41) is 14.0. The van der Waals surface area contributed by atoms with Crippen LogP contribution in [0, 0.1) is 11.3 Å². The Morgan fingerprint density at radius 1 is 1.07 bits per heavy atom. The summed E-state index contributed by atoms with van der Waals surface area (Å²) in [5.41, 5.74) is 3.96. The minimum absolute atomic E-state index is 0.191. The molecule has 2 atom stereocenters. The highest BCUT2D eigenvalue weighted by atomic mass is 19.3. The van der Waals surface area contributed by atoms with Crippen LogP contribution in [0.3, 0.4) is 0 Å². The maximum absolute atomic E-state index is 13.9. The van der Waals surface area contributed by atoms with Crippen molar-refractivity contribution in [1.82, 2.24) is 29.5 Å². The first-order valence-electron chi connectivity index (χ1n) is 13.3. The van der Waals surface area contributed by atoms with Gasteiger partial charge in [0.05, 0.1) is 60.9 Å². The number of anilines is 2. The molecule has 0 spiro atoms. The molecule has 12 heteroatoms. The van der Waals surface area contributed by atoms with Gasteiger partial charge in [-0.05, 0) is 18.1 Å². The minimum atomic E-state index is -2.73. The lowest BCUT2D eigenvalue weighted by molar-refractivity contribution is -0.00879. The van der Waals surface area contributed by atoms with Crippen molar-refractivity contribution in [3.63, 3.8) is 0 Å². The van der Waals surface area contributed by atoms with Crippen LogP contribution < -0.4 is 14.5 Å². The molecule has 4 aliphatic rings. The largest absolute Gasteiger partial charge is 0.481 e. The van der Waals surface area contributed by atoms with Gasteiger partial charge >= 0.3 is 0 Å². The average molecular weight is 544 g/mol. The number of pyridine rings is 2. The molecule has 4 fully saturated rings. The minimum Gasteiger partial charge on any atom is -0.481 e. The Balaban J connectivity index is 1.11. The van der Waals surface area contributed by atoms with E-state index in [4.69, 9.17) is 14.7 Å². The van der Waals surface area contributed by atoms with Gasteiger partial charge in [-0.25, -0.2) is 23.3 Å². The summed E-state index contributed by atoms with van der Waals surface area (Å²) in [4.78, 5) is 20.2. The number of piperazine rings is 1. The van der Waals surface area contributed by atoms with Crippen molar-refractivity contribution in [2.24, 2.45) is 0 Å². The van der Waals surface area contributed by atoms with Crippen LogP contribution in [-0.4, -0.2) is 80.8 Å². The van der Waals surface area contributed by atoms with Crippen LogP contribution in [0.1, 0.15) is 24.0 Å². The van der Waals surface area contributed by atoms with Gasteiger partial charge in [0.25, 0.3) is 5.92 Å². The first-order valence-corrected chi connectivity index (χ1v) is 13.3. The zero-order chi connectivity index (χ0) is 27.4. The van der Waals surface area contributed by atoms with Gasteiger partial charge in [-0.3, -0.25) is 9.88 Å². The number of rotatable bonds is 6. The van der Waals surface area contributed by atoms with Gasteiger partial charge in [-0.2, -0.15) is 10.4 Å². The number of fused-ring (bicyclic) bond motifs is 3. The van der Waals surface area contributed by atoms with E-state index in [-0.39, 0.29) is 19.5 Å². The molecule has 10 nitrogen and oxygen atoms in total. The molecular weight excluding hydrogens is 516 g/mol. The third-order valence-electron chi connectivity index (χ3n) is 8.21. The lowest BCUT2D eigenvalue weighted by atomic mass is 9.87. The molecule has 40 heavy (non-hydrogen) atoms. The van der Waals surface area contributed by atoms with E-state index in [0.717, 1.165) is 37.4 Å². The molecule has 4 saturated heterocycles. The van der Waals surface area contributed by atoms with Crippen LogP contribution in [0.2, 0.25) is 0 Å².